The Morgan fingerprint density at radius 2 is 0.656 bits per heavy atom. The molecule has 0 atom stereocenters. The topological polar surface area (TPSA) is 0 Å². The fourth-order valence-electron chi connectivity index (χ4n) is 6.91. The average Bonchev–Trinajstić information content (AvgIpc) is 3.31. The molecule has 0 saturated carbocycles. The van der Waals surface area contributed by atoms with Crippen LogP contribution in [0.2, 0.25) is 0 Å². The van der Waals surface area contributed by atoms with Gasteiger partial charge in [-0.05, 0) is 70.2 Å². The first-order chi connectivity index (χ1) is 15.7. The van der Waals surface area contributed by atoms with Crippen LogP contribution in [-0.2, 0) is 10.8 Å². The molecule has 0 heteroatoms. The summed E-state index contributed by atoms with van der Waals surface area (Å²) in [7, 11) is 0. The largest absolute Gasteiger partial charge is 0.0642 e. The van der Waals surface area contributed by atoms with Gasteiger partial charge >= 0.3 is 0 Å². The van der Waals surface area contributed by atoms with Crippen LogP contribution in [0.15, 0.2) is 97.1 Å². The van der Waals surface area contributed by atoms with E-state index in [2.05, 4.69) is 111 Å². The summed E-state index contributed by atoms with van der Waals surface area (Å²) in [5, 5.41) is 0. The van der Waals surface area contributed by atoms with Crippen LogP contribution in [0.1, 0.15) is 61.8 Å². The first kappa shape index (κ1) is 19.6. The maximum atomic E-state index is 2.38. The standard InChI is InChI=1S/C32H30/c1-3-31(27-17-9-5-13-23(27)24-14-6-10-18-28(24)31)21-22-32(4-2)29-19-11-7-15-25(29)26-16-8-12-20-30(26)32/h5-20H,3-4,21-22H2,1-2H3. The van der Waals surface area contributed by atoms with E-state index >= 15 is 0 Å². The van der Waals surface area contributed by atoms with Crippen molar-refractivity contribution in [1.82, 2.24) is 0 Å². The zero-order chi connectivity index (χ0) is 21.8. The van der Waals surface area contributed by atoms with Crippen LogP contribution in [-0.4, -0.2) is 0 Å². The van der Waals surface area contributed by atoms with Gasteiger partial charge in [-0.1, -0.05) is 111 Å². The second kappa shape index (κ2) is 7.20. The van der Waals surface area contributed by atoms with E-state index < -0.39 is 0 Å². The molecule has 0 nitrogen and oxygen atoms in total. The molecule has 0 bridgehead atoms. The molecular weight excluding hydrogens is 384 g/mol. The fraction of sp³-hybridized carbons (Fsp3) is 0.250. The van der Waals surface area contributed by atoms with Gasteiger partial charge in [0.1, 0.15) is 0 Å². The summed E-state index contributed by atoms with van der Waals surface area (Å²) >= 11 is 0. The van der Waals surface area contributed by atoms with Crippen molar-refractivity contribution in [1.29, 1.82) is 0 Å². The Kier molecular flexibility index (Phi) is 4.40. The molecule has 2 aliphatic rings. The molecule has 6 rings (SSSR count). The Bertz CT molecular complexity index is 1110. The highest BCUT2D eigenvalue weighted by atomic mass is 14.5. The first-order valence-corrected chi connectivity index (χ1v) is 12.1. The van der Waals surface area contributed by atoms with Gasteiger partial charge in [0.15, 0.2) is 0 Å². The molecule has 0 aromatic heterocycles. The van der Waals surface area contributed by atoms with Crippen LogP contribution >= 0.6 is 0 Å². The van der Waals surface area contributed by atoms with Gasteiger partial charge in [-0.25, -0.2) is 0 Å². The van der Waals surface area contributed by atoms with Crippen LogP contribution in [0.25, 0.3) is 22.3 Å². The molecule has 0 radical (unpaired) electrons. The van der Waals surface area contributed by atoms with Gasteiger partial charge in [-0.15, -0.1) is 0 Å². The lowest BCUT2D eigenvalue weighted by atomic mass is 9.65. The third kappa shape index (κ3) is 2.44. The third-order valence-corrected chi connectivity index (χ3v) is 8.54. The van der Waals surface area contributed by atoms with Gasteiger partial charge in [0.2, 0.25) is 0 Å². The first-order valence-electron chi connectivity index (χ1n) is 12.1. The Balaban J connectivity index is 1.50. The molecule has 0 spiro atoms. The van der Waals surface area contributed by atoms with Gasteiger partial charge < -0.3 is 0 Å². The summed E-state index contributed by atoms with van der Waals surface area (Å²) in [5.74, 6) is 0. The highest BCUT2D eigenvalue weighted by Gasteiger charge is 2.46. The molecule has 0 N–H and O–H groups in total. The molecule has 0 fully saturated rings. The predicted octanol–water partition coefficient (Wildman–Crippen LogP) is 8.52. The quantitative estimate of drug-likeness (QED) is 0.307. The second-order valence-corrected chi connectivity index (χ2v) is 9.55. The maximum Gasteiger partial charge on any atom is 0.0213 e. The average molecular weight is 415 g/mol. The van der Waals surface area contributed by atoms with Crippen molar-refractivity contribution in [2.24, 2.45) is 0 Å². The Morgan fingerprint density at radius 1 is 0.406 bits per heavy atom. The van der Waals surface area contributed by atoms with E-state index in [4.69, 9.17) is 0 Å². The normalized spacial score (nSPS) is 16.2. The van der Waals surface area contributed by atoms with Crippen LogP contribution in [0.3, 0.4) is 0 Å². The number of benzene rings is 4. The van der Waals surface area contributed by atoms with E-state index in [1.54, 1.807) is 0 Å². The predicted molar refractivity (Wildman–Crippen MR) is 135 cm³/mol. The van der Waals surface area contributed by atoms with Crippen molar-refractivity contribution in [2.45, 2.75) is 50.4 Å². The lowest BCUT2D eigenvalue weighted by Crippen LogP contribution is -2.31. The van der Waals surface area contributed by atoms with E-state index in [1.165, 1.54) is 44.5 Å². The summed E-state index contributed by atoms with van der Waals surface area (Å²) < 4.78 is 0. The smallest absolute Gasteiger partial charge is 0.0213 e. The highest BCUT2D eigenvalue weighted by Crippen LogP contribution is 2.58. The van der Waals surface area contributed by atoms with Crippen LogP contribution in [0.4, 0.5) is 0 Å². The summed E-state index contributed by atoms with van der Waals surface area (Å²) in [6, 6.07) is 36.5. The molecule has 4 aromatic carbocycles. The third-order valence-electron chi connectivity index (χ3n) is 8.54. The second-order valence-electron chi connectivity index (χ2n) is 9.55. The highest BCUT2D eigenvalue weighted by molar-refractivity contribution is 5.82. The minimum atomic E-state index is 0.0852. The Hall–Kier alpha value is -3.12. The molecule has 0 saturated heterocycles. The zero-order valence-corrected chi connectivity index (χ0v) is 19.1. The monoisotopic (exact) mass is 414 g/mol. The van der Waals surface area contributed by atoms with E-state index in [1.807, 2.05) is 0 Å². The van der Waals surface area contributed by atoms with E-state index in [9.17, 15) is 0 Å². The van der Waals surface area contributed by atoms with Gasteiger partial charge in [0.05, 0.1) is 0 Å². The summed E-state index contributed by atoms with van der Waals surface area (Å²) in [6.07, 6.45) is 4.58. The van der Waals surface area contributed by atoms with E-state index in [-0.39, 0.29) is 10.8 Å². The minimum Gasteiger partial charge on any atom is -0.0642 e. The molecular formula is C32H30. The van der Waals surface area contributed by atoms with Crippen LogP contribution in [0.5, 0.6) is 0 Å². The molecule has 0 heterocycles. The molecule has 32 heavy (non-hydrogen) atoms. The van der Waals surface area contributed by atoms with Crippen molar-refractivity contribution >= 4 is 0 Å². The minimum absolute atomic E-state index is 0.0852. The van der Waals surface area contributed by atoms with Gasteiger partial charge in [-0.2, -0.15) is 0 Å². The maximum absolute atomic E-state index is 2.38. The summed E-state index contributed by atoms with van der Waals surface area (Å²) in [5.41, 5.74) is 12.0. The molecule has 4 aromatic rings. The van der Waals surface area contributed by atoms with Crippen LogP contribution < -0.4 is 0 Å². The Morgan fingerprint density at radius 3 is 0.906 bits per heavy atom. The van der Waals surface area contributed by atoms with Gasteiger partial charge in [0, 0.05) is 10.8 Å². The molecule has 158 valence electrons. The summed E-state index contributed by atoms with van der Waals surface area (Å²) in [4.78, 5) is 0. The van der Waals surface area contributed by atoms with E-state index in [0.29, 0.717) is 0 Å². The lowest BCUT2D eigenvalue weighted by molar-refractivity contribution is 0.368. The van der Waals surface area contributed by atoms with Crippen molar-refractivity contribution in [3.05, 3.63) is 119 Å². The fourth-order valence-corrected chi connectivity index (χ4v) is 6.91. The number of hydrogen-bond acceptors (Lipinski definition) is 0. The van der Waals surface area contributed by atoms with Crippen molar-refractivity contribution in [2.75, 3.05) is 0 Å². The molecule has 0 aliphatic heterocycles. The number of rotatable bonds is 5. The van der Waals surface area contributed by atoms with Crippen molar-refractivity contribution in [3.63, 3.8) is 0 Å². The number of fused-ring (bicyclic) bond motifs is 6. The molecule has 0 amide bonds. The van der Waals surface area contributed by atoms with Gasteiger partial charge in [-0.3, -0.25) is 0 Å². The lowest BCUT2D eigenvalue weighted by Gasteiger charge is -2.37. The van der Waals surface area contributed by atoms with Gasteiger partial charge in [0.25, 0.3) is 0 Å². The van der Waals surface area contributed by atoms with Crippen molar-refractivity contribution in [3.8, 4) is 22.3 Å². The molecule has 2 aliphatic carbocycles. The number of hydrogen-bond donors (Lipinski definition) is 0. The van der Waals surface area contributed by atoms with Crippen molar-refractivity contribution < 1.29 is 0 Å². The Labute approximate surface area is 192 Å². The molecule has 0 unspecified atom stereocenters. The van der Waals surface area contributed by atoms with Crippen LogP contribution in [0, 0.1) is 0 Å². The summed E-state index contributed by atoms with van der Waals surface area (Å²) in [6.45, 7) is 4.77. The SMILES string of the molecule is CCC1(CCC2(CC)c3ccccc3-c3ccccc32)c2ccccc2-c2ccccc21. The zero-order valence-electron chi connectivity index (χ0n) is 19.1. The van der Waals surface area contributed by atoms with E-state index in [0.717, 1.165) is 25.7 Å².